The van der Waals surface area contributed by atoms with Gasteiger partial charge < -0.3 is 24.5 Å². The second-order valence-electron chi connectivity index (χ2n) is 7.60. The van der Waals surface area contributed by atoms with Crippen LogP contribution in [0.1, 0.15) is 46.4 Å². The number of carbonyl (C=O) groups excluding carboxylic acids is 1. The maximum atomic E-state index is 12.3. The number of hydrogen-bond donors (Lipinski definition) is 2. The highest BCUT2D eigenvalue weighted by molar-refractivity contribution is 7.80. The summed E-state index contributed by atoms with van der Waals surface area (Å²) in [6.45, 7) is 3.83. The third-order valence-electron chi connectivity index (χ3n) is 5.46. The summed E-state index contributed by atoms with van der Waals surface area (Å²) in [5, 5.41) is 12.9. The highest BCUT2D eigenvalue weighted by atomic mass is 32.1. The number of rotatable bonds is 7. The summed E-state index contributed by atoms with van der Waals surface area (Å²) in [6.07, 6.45) is 1.70. The fourth-order valence-corrected chi connectivity index (χ4v) is 4.27. The minimum Gasteiger partial charge on any atom is -0.478 e. The Bertz CT molecular complexity index is 1190. The number of aromatic carboxylic acids is 1. The van der Waals surface area contributed by atoms with Crippen LogP contribution in [0.3, 0.4) is 0 Å². The summed E-state index contributed by atoms with van der Waals surface area (Å²) >= 11 is 5.54. The maximum Gasteiger partial charge on any atom is 0.335 e. The van der Waals surface area contributed by atoms with Crippen LogP contribution >= 0.6 is 12.2 Å². The fraction of sp³-hybridized carbons (Fsp3) is 0.250. The van der Waals surface area contributed by atoms with Crippen LogP contribution in [0.25, 0.3) is 11.3 Å². The van der Waals surface area contributed by atoms with E-state index in [0.717, 1.165) is 16.8 Å². The molecule has 0 spiro atoms. The van der Waals surface area contributed by atoms with Gasteiger partial charge in [-0.25, -0.2) is 4.79 Å². The van der Waals surface area contributed by atoms with Crippen molar-refractivity contribution in [2.45, 2.75) is 25.9 Å². The molecule has 1 saturated heterocycles. The van der Waals surface area contributed by atoms with Crippen molar-refractivity contribution in [3.05, 3.63) is 77.3 Å². The van der Waals surface area contributed by atoms with E-state index in [0.29, 0.717) is 16.6 Å². The number of ether oxygens (including phenoxy) is 1. The quantitative estimate of drug-likeness (QED) is 0.397. The molecule has 0 bridgehead atoms. The van der Waals surface area contributed by atoms with E-state index in [-0.39, 0.29) is 30.7 Å². The predicted octanol–water partition coefficient (Wildman–Crippen LogP) is 3.88. The first-order valence-corrected chi connectivity index (χ1v) is 10.9. The Hall–Kier alpha value is -3.72. The molecule has 1 aromatic carbocycles. The van der Waals surface area contributed by atoms with E-state index in [9.17, 15) is 14.7 Å². The molecule has 0 amide bonds. The van der Waals surface area contributed by atoms with Crippen molar-refractivity contribution >= 4 is 29.3 Å². The predicted molar refractivity (Wildman–Crippen MR) is 125 cm³/mol. The van der Waals surface area contributed by atoms with Crippen molar-refractivity contribution < 1.29 is 23.8 Å². The number of nitrogens with zero attached hydrogens (tertiary/aromatic N) is 2. The molecule has 0 saturated carbocycles. The topological polar surface area (TPSA) is 105 Å². The number of nitrogens with one attached hydrogen (secondary N) is 1. The van der Waals surface area contributed by atoms with Crippen LogP contribution in [0.5, 0.6) is 0 Å². The zero-order valence-electron chi connectivity index (χ0n) is 18.1. The Morgan fingerprint density at radius 3 is 2.73 bits per heavy atom. The fourth-order valence-electron chi connectivity index (χ4n) is 3.96. The van der Waals surface area contributed by atoms with Crippen molar-refractivity contribution in [2.75, 3.05) is 13.2 Å². The van der Waals surface area contributed by atoms with E-state index >= 15 is 0 Å². The van der Waals surface area contributed by atoms with E-state index < -0.39 is 12.0 Å². The van der Waals surface area contributed by atoms with Gasteiger partial charge in [-0.1, -0.05) is 12.1 Å². The number of furan rings is 1. The van der Waals surface area contributed by atoms with Gasteiger partial charge in [-0.05, 0) is 68.0 Å². The van der Waals surface area contributed by atoms with Crippen LogP contribution in [0.15, 0.2) is 59.1 Å². The van der Waals surface area contributed by atoms with Crippen LogP contribution in [0.2, 0.25) is 0 Å². The van der Waals surface area contributed by atoms with Gasteiger partial charge in [0.05, 0.1) is 23.9 Å². The zero-order valence-corrected chi connectivity index (χ0v) is 19.0. The molecule has 0 aliphatic carbocycles. The zero-order chi connectivity index (χ0) is 23.5. The second-order valence-corrected chi connectivity index (χ2v) is 7.98. The molecule has 170 valence electrons. The summed E-state index contributed by atoms with van der Waals surface area (Å²) in [5.41, 5.74) is 2.53. The van der Waals surface area contributed by atoms with Gasteiger partial charge in [0, 0.05) is 11.8 Å². The lowest BCUT2D eigenvalue weighted by Crippen LogP contribution is -2.35. The van der Waals surface area contributed by atoms with Crippen LogP contribution < -0.4 is 5.32 Å². The highest BCUT2D eigenvalue weighted by Crippen LogP contribution is 2.40. The van der Waals surface area contributed by atoms with E-state index in [1.54, 1.807) is 36.2 Å². The smallest absolute Gasteiger partial charge is 0.335 e. The normalized spacial score (nSPS) is 17.6. The number of carbonyl (C=O) groups is 2. The monoisotopic (exact) mass is 465 g/mol. The molecule has 2 aromatic heterocycles. The molecule has 2 unspecified atom stereocenters. The molecule has 2 N–H and O–H groups in total. The van der Waals surface area contributed by atoms with Gasteiger partial charge in [-0.3, -0.25) is 9.78 Å². The highest BCUT2D eigenvalue weighted by Gasteiger charge is 2.42. The largest absolute Gasteiger partial charge is 0.478 e. The van der Waals surface area contributed by atoms with Gasteiger partial charge >= 0.3 is 11.9 Å². The number of carboxylic acid groups (broad SMARTS) is 1. The van der Waals surface area contributed by atoms with Crippen LogP contribution in [0, 0.1) is 6.92 Å². The summed E-state index contributed by atoms with van der Waals surface area (Å²) in [7, 11) is 0. The lowest BCUT2D eigenvalue weighted by molar-refractivity contribution is -0.143. The molecule has 3 aromatic rings. The molecule has 1 aliphatic heterocycles. The molecule has 1 aliphatic rings. The molecule has 4 rings (SSSR count). The molecule has 0 radical (unpaired) electrons. The first-order valence-electron chi connectivity index (χ1n) is 10.5. The van der Waals surface area contributed by atoms with Crippen molar-refractivity contribution in [1.82, 2.24) is 15.2 Å². The van der Waals surface area contributed by atoms with E-state index in [1.165, 1.54) is 0 Å². The standard InChI is InChI=1S/C24H23N3O5S/c1-3-31-20(28)13-27-22(21(26-24(27)33)17-6-4-5-11-25-17)19-10-9-18(32-19)16-8-7-15(23(29)30)12-14(16)2/h4-12,21-22H,3,13H2,1-2H3,(H,26,33)(H,29,30). The van der Waals surface area contributed by atoms with Crippen molar-refractivity contribution in [1.29, 1.82) is 0 Å². The van der Waals surface area contributed by atoms with Crippen molar-refractivity contribution in [3.63, 3.8) is 0 Å². The first-order chi connectivity index (χ1) is 15.9. The Morgan fingerprint density at radius 1 is 1.24 bits per heavy atom. The van der Waals surface area contributed by atoms with E-state index in [2.05, 4.69) is 10.3 Å². The lowest BCUT2D eigenvalue weighted by Gasteiger charge is -2.25. The summed E-state index contributed by atoms with van der Waals surface area (Å²) in [5.74, 6) is -0.185. The van der Waals surface area contributed by atoms with Crippen LogP contribution in [0.4, 0.5) is 0 Å². The van der Waals surface area contributed by atoms with Gasteiger partial charge in [0.25, 0.3) is 0 Å². The Labute approximate surface area is 196 Å². The number of thiocarbonyl (C=S) groups is 1. The molecule has 3 heterocycles. The van der Waals surface area contributed by atoms with Crippen molar-refractivity contribution in [2.24, 2.45) is 0 Å². The Morgan fingerprint density at radius 2 is 2.06 bits per heavy atom. The third-order valence-corrected chi connectivity index (χ3v) is 5.81. The van der Waals surface area contributed by atoms with Crippen LogP contribution in [-0.2, 0) is 9.53 Å². The second kappa shape index (κ2) is 9.41. The third kappa shape index (κ3) is 4.58. The summed E-state index contributed by atoms with van der Waals surface area (Å²) < 4.78 is 11.4. The van der Waals surface area contributed by atoms with Gasteiger partial charge in [0.15, 0.2) is 5.11 Å². The number of hydrogen-bond acceptors (Lipinski definition) is 6. The molecule has 2 atom stereocenters. The molecule has 33 heavy (non-hydrogen) atoms. The number of aromatic nitrogens is 1. The Balaban J connectivity index is 1.71. The van der Waals surface area contributed by atoms with Gasteiger partial charge in [-0.2, -0.15) is 0 Å². The first kappa shape index (κ1) is 22.5. The number of pyridine rings is 1. The van der Waals surface area contributed by atoms with Gasteiger partial charge in [0.1, 0.15) is 24.1 Å². The maximum absolute atomic E-state index is 12.3. The van der Waals surface area contributed by atoms with E-state index in [4.69, 9.17) is 21.4 Å². The Kier molecular flexibility index (Phi) is 6.41. The average Bonchev–Trinajstić information content (AvgIpc) is 3.39. The molecule has 1 fully saturated rings. The van der Waals surface area contributed by atoms with E-state index in [1.807, 2.05) is 37.3 Å². The van der Waals surface area contributed by atoms with Crippen molar-refractivity contribution in [3.8, 4) is 11.3 Å². The van der Waals surface area contributed by atoms with Gasteiger partial charge in [-0.15, -0.1) is 0 Å². The number of esters is 1. The van der Waals surface area contributed by atoms with Gasteiger partial charge in [0.2, 0.25) is 0 Å². The molecule has 9 heteroatoms. The number of aryl methyl sites for hydroxylation is 1. The molecular formula is C24H23N3O5S. The number of carboxylic acids is 1. The molecular weight excluding hydrogens is 442 g/mol. The summed E-state index contributed by atoms with van der Waals surface area (Å²) in [6, 6.07) is 13.4. The minimum atomic E-state index is -0.983. The SMILES string of the molecule is CCOC(=O)CN1C(=S)NC(c2ccccn2)C1c1ccc(-c2ccc(C(=O)O)cc2C)o1. The molecule has 8 nitrogen and oxygen atoms in total. The minimum absolute atomic E-state index is 0.0317. The number of benzene rings is 1. The average molecular weight is 466 g/mol. The summed E-state index contributed by atoms with van der Waals surface area (Å²) in [4.78, 5) is 29.7. The lowest BCUT2D eigenvalue weighted by atomic mass is 10.0. The van der Waals surface area contributed by atoms with Crippen LogP contribution in [-0.4, -0.2) is 45.2 Å².